The molecule has 0 aliphatic heterocycles. The molecule has 0 N–H and O–H groups in total. The molecule has 0 bridgehead atoms. The Labute approximate surface area is 98.2 Å². The Kier molecular flexibility index (Phi) is 7.05. The number of rotatable bonds is 7. The molecule has 0 aromatic heterocycles. The topological polar surface area (TPSA) is 54.5 Å². The third-order valence-corrected chi connectivity index (χ3v) is 3.12. The molecule has 0 aromatic rings. The summed E-state index contributed by atoms with van der Waals surface area (Å²) in [5.74, 6) is 0.240. The summed E-state index contributed by atoms with van der Waals surface area (Å²) in [4.78, 5) is 12.6. The van der Waals surface area contributed by atoms with Crippen molar-refractivity contribution < 1.29 is 13.2 Å². The summed E-state index contributed by atoms with van der Waals surface area (Å²) >= 11 is 0. The summed E-state index contributed by atoms with van der Waals surface area (Å²) in [5, 5.41) is 0. The zero-order valence-corrected chi connectivity index (χ0v) is 11.1. The Morgan fingerprint density at radius 3 is 2.31 bits per heavy atom. The zero-order valence-electron chi connectivity index (χ0n) is 10.3. The van der Waals surface area contributed by atoms with Crippen LogP contribution in [0.1, 0.15) is 25.7 Å². The second-order valence-electron chi connectivity index (χ2n) is 4.11. The third-order valence-electron chi connectivity index (χ3n) is 2.09. The van der Waals surface area contributed by atoms with Crippen LogP contribution in [0.25, 0.3) is 0 Å². The number of amides is 1. The number of carbonyl (C=O) groups is 1. The monoisotopic (exact) mass is 247 g/mol. The van der Waals surface area contributed by atoms with Gasteiger partial charge in [-0.2, -0.15) is 0 Å². The van der Waals surface area contributed by atoms with E-state index in [1.807, 2.05) is 6.08 Å². The van der Waals surface area contributed by atoms with Crippen molar-refractivity contribution in [1.29, 1.82) is 0 Å². The number of hydrogen-bond acceptors (Lipinski definition) is 3. The van der Waals surface area contributed by atoms with Crippen LogP contribution in [0.15, 0.2) is 12.2 Å². The van der Waals surface area contributed by atoms with Crippen molar-refractivity contribution in [3.8, 4) is 0 Å². The summed E-state index contributed by atoms with van der Waals surface area (Å²) in [6, 6.07) is 0. The van der Waals surface area contributed by atoms with Gasteiger partial charge in [0.15, 0.2) is 0 Å². The first-order valence-corrected chi connectivity index (χ1v) is 7.44. The minimum absolute atomic E-state index is 0.0175. The van der Waals surface area contributed by atoms with Crippen LogP contribution in [0.5, 0.6) is 0 Å². The number of likely N-dealkylation sites (N-methyl/N-ethyl adjacent to an activating group) is 1. The summed E-state index contributed by atoms with van der Waals surface area (Å²) < 4.78 is 21.6. The smallest absolute Gasteiger partial charge is 0.245 e. The lowest BCUT2D eigenvalue weighted by Crippen LogP contribution is -2.18. The molecule has 0 fully saturated rings. The molecule has 0 radical (unpaired) electrons. The van der Waals surface area contributed by atoms with Crippen LogP contribution < -0.4 is 0 Å². The van der Waals surface area contributed by atoms with Crippen molar-refractivity contribution in [2.75, 3.05) is 26.1 Å². The molecule has 0 aliphatic rings. The fraction of sp³-hybridized carbons (Fsp3) is 0.727. The normalized spacial score (nSPS) is 11.9. The molecule has 0 spiro atoms. The maximum Gasteiger partial charge on any atom is 0.245 e. The van der Waals surface area contributed by atoms with Crippen LogP contribution in [0.3, 0.4) is 0 Å². The van der Waals surface area contributed by atoms with Gasteiger partial charge in [0.25, 0.3) is 0 Å². The third kappa shape index (κ3) is 9.71. The Bertz CT molecular complexity index is 331. The number of nitrogens with zero attached hydrogens (tertiary/aromatic N) is 1. The van der Waals surface area contributed by atoms with Gasteiger partial charge >= 0.3 is 0 Å². The number of hydrogen-bond donors (Lipinski definition) is 0. The second-order valence-corrected chi connectivity index (χ2v) is 6.37. The lowest BCUT2D eigenvalue weighted by molar-refractivity contribution is -0.123. The molecule has 5 heteroatoms. The Hall–Kier alpha value is -0.840. The Balaban J connectivity index is 3.51. The van der Waals surface area contributed by atoms with Crippen molar-refractivity contribution >= 4 is 15.7 Å². The van der Waals surface area contributed by atoms with Gasteiger partial charge in [0.2, 0.25) is 5.91 Å². The van der Waals surface area contributed by atoms with Gasteiger partial charge in [-0.05, 0) is 25.3 Å². The summed E-state index contributed by atoms with van der Waals surface area (Å²) in [7, 11) is 0.594. The Morgan fingerprint density at radius 2 is 1.81 bits per heavy atom. The van der Waals surface area contributed by atoms with Crippen molar-refractivity contribution in [3.05, 3.63) is 12.2 Å². The van der Waals surface area contributed by atoms with Crippen LogP contribution in [0, 0.1) is 0 Å². The molecule has 1 amide bonds. The molecular formula is C11H21NO3S. The van der Waals surface area contributed by atoms with E-state index in [0.29, 0.717) is 6.42 Å². The lowest BCUT2D eigenvalue weighted by atomic mass is 10.2. The highest BCUT2D eigenvalue weighted by Gasteiger charge is 2.00. The van der Waals surface area contributed by atoms with Crippen LogP contribution in [0.4, 0.5) is 0 Å². The molecule has 0 aliphatic carbocycles. The highest BCUT2D eigenvalue weighted by molar-refractivity contribution is 7.90. The molecule has 0 aromatic carbocycles. The molecule has 0 atom stereocenters. The predicted molar refractivity (Wildman–Crippen MR) is 66.0 cm³/mol. The molecule has 0 heterocycles. The van der Waals surface area contributed by atoms with Gasteiger partial charge < -0.3 is 4.90 Å². The van der Waals surface area contributed by atoms with Crippen molar-refractivity contribution in [3.63, 3.8) is 0 Å². The van der Waals surface area contributed by atoms with Crippen LogP contribution in [-0.2, 0) is 14.6 Å². The molecule has 0 saturated heterocycles. The minimum atomic E-state index is -2.82. The highest BCUT2D eigenvalue weighted by atomic mass is 32.2. The van der Waals surface area contributed by atoms with E-state index in [1.165, 1.54) is 11.2 Å². The predicted octanol–water partition coefficient (Wildman–Crippen LogP) is 1.24. The molecule has 0 rings (SSSR count). The SMILES string of the molecule is CN(C)C(=O)/C=C/CCCCCS(C)(=O)=O. The van der Waals surface area contributed by atoms with E-state index in [1.54, 1.807) is 20.2 Å². The minimum Gasteiger partial charge on any atom is -0.345 e. The standard InChI is InChI=1S/C11H21NO3S/c1-12(2)11(13)9-7-5-4-6-8-10-16(3,14)15/h7,9H,4-6,8,10H2,1-3H3/b9-7+. The van der Waals surface area contributed by atoms with Gasteiger partial charge in [0, 0.05) is 26.1 Å². The highest BCUT2D eigenvalue weighted by Crippen LogP contribution is 2.02. The van der Waals surface area contributed by atoms with Crippen LogP contribution >= 0.6 is 0 Å². The Morgan fingerprint density at radius 1 is 1.19 bits per heavy atom. The first-order chi connectivity index (χ1) is 7.33. The fourth-order valence-electron chi connectivity index (χ4n) is 1.14. The lowest BCUT2D eigenvalue weighted by Gasteiger charge is -2.04. The van der Waals surface area contributed by atoms with Crippen LogP contribution in [0.2, 0.25) is 0 Å². The average molecular weight is 247 g/mol. The van der Waals surface area contributed by atoms with E-state index in [4.69, 9.17) is 0 Å². The molecule has 94 valence electrons. The quantitative estimate of drug-likeness (QED) is 0.502. The largest absolute Gasteiger partial charge is 0.345 e. The second kappa shape index (κ2) is 7.44. The van der Waals surface area contributed by atoms with Crippen LogP contribution in [-0.4, -0.2) is 45.3 Å². The van der Waals surface area contributed by atoms with E-state index in [9.17, 15) is 13.2 Å². The van der Waals surface area contributed by atoms with E-state index in [-0.39, 0.29) is 11.7 Å². The van der Waals surface area contributed by atoms with Crippen molar-refractivity contribution in [2.45, 2.75) is 25.7 Å². The summed E-state index contributed by atoms with van der Waals surface area (Å²) in [6.45, 7) is 0. The van der Waals surface area contributed by atoms with Crippen molar-refractivity contribution in [2.24, 2.45) is 0 Å². The number of sulfone groups is 1. The number of unbranched alkanes of at least 4 members (excludes halogenated alkanes) is 3. The first-order valence-electron chi connectivity index (χ1n) is 5.38. The van der Waals surface area contributed by atoms with Crippen molar-refractivity contribution in [1.82, 2.24) is 4.90 Å². The van der Waals surface area contributed by atoms with E-state index >= 15 is 0 Å². The molecular weight excluding hydrogens is 226 g/mol. The average Bonchev–Trinajstić information content (AvgIpc) is 2.14. The van der Waals surface area contributed by atoms with E-state index in [2.05, 4.69) is 0 Å². The number of carbonyl (C=O) groups excluding carboxylic acids is 1. The maximum atomic E-state index is 11.1. The molecule has 4 nitrogen and oxygen atoms in total. The van der Waals surface area contributed by atoms with Gasteiger partial charge in [-0.25, -0.2) is 8.42 Å². The molecule has 0 unspecified atom stereocenters. The first kappa shape index (κ1) is 15.2. The zero-order chi connectivity index (χ0) is 12.6. The fourth-order valence-corrected chi connectivity index (χ4v) is 1.86. The van der Waals surface area contributed by atoms with Gasteiger partial charge in [-0.1, -0.05) is 12.5 Å². The maximum absolute atomic E-state index is 11.1. The number of allylic oxidation sites excluding steroid dienone is 1. The molecule has 16 heavy (non-hydrogen) atoms. The summed E-state index contributed by atoms with van der Waals surface area (Å²) in [5.41, 5.74) is 0. The van der Waals surface area contributed by atoms with Gasteiger partial charge in [0.1, 0.15) is 9.84 Å². The summed E-state index contributed by atoms with van der Waals surface area (Å²) in [6.07, 6.45) is 7.97. The van der Waals surface area contributed by atoms with E-state index < -0.39 is 9.84 Å². The molecule has 0 saturated carbocycles. The van der Waals surface area contributed by atoms with E-state index in [0.717, 1.165) is 19.3 Å². The van der Waals surface area contributed by atoms with Gasteiger partial charge in [-0.15, -0.1) is 0 Å². The van der Waals surface area contributed by atoms with Gasteiger partial charge in [-0.3, -0.25) is 4.79 Å². The van der Waals surface area contributed by atoms with Gasteiger partial charge in [0.05, 0.1) is 0 Å².